The molecule has 3 aliphatic rings. The number of carbonyl (C=O) groups excluding carboxylic acids is 1. The molecule has 0 aromatic carbocycles. The average molecular weight is 297 g/mol. The van der Waals surface area contributed by atoms with Gasteiger partial charge in [-0.3, -0.25) is 9.78 Å². The molecular weight excluding hydrogens is 274 g/mol. The topological polar surface area (TPSA) is 57.8 Å². The predicted molar refractivity (Wildman–Crippen MR) is 86.5 cm³/mol. The van der Waals surface area contributed by atoms with Gasteiger partial charge in [-0.25, -0.2) is 0 Å². The summed E-state index contributed by atoms with van der Waals surface area (Å²) >= 11 is 0. The number of aromatic amines is 1. The summed E-state index contributed by atoms with van der Waals surface area (Å²) in [4.78, 5) is 19.8. The number of carbonyl (C=O) groups is 1. The van der Waals surface area contributed by atoms with Gasteiger partial charge in [0.15, 0.2) is 0 Å². The van der Waals surface area contributed by atoms with Gasteiger partial charge < -0.3 is 10.3 Å². The zero-order valence-electron chi connectivity index (χ0n) is 13.4. The number of hydrogen-bond acceptors (Lipinski definition) is 2. The lowest BCUT2D eigenvalue weighted by molar-refractivity contribution is -0.113. The number of rotatable bonds is 2. The third kappa shape index (κ3) is 1.89. The molecule has 0 radical (unpaired) electrons. The van der Waals surface area contributed by atoms with Crippen LogP contribution in [0.3, 0.4) is 0 Å². The predicted octanol–water partition coefficient (Wildman–Crippen LogP) is 3.36. The van der Waals surface area contributed by atoms with E-state index in [4.69, 9.17) is 0 Å². The van der Waals surface area contributed by atoms with Gasteiger partial charge in [-0.05, 0) is 48.1 Å². The Hall–Kier alpha value is -1.84. The van der Waals surface area contributed by atoms with Gasteiger partial charge in [0.2, 0.25) is 0 Å². The smallest absolute Gasteiger partial charge is 0.267 e. The highest BCUT2D eigenvalue weighted by molar-refractivity contribution is 5.97. The minimum Gasteiger partial charge on any atom is -0.349 e. The molecule has 2 aromatic rings. The number of nitrogens with one attached hydrogen (secondary N) is 2. The Balaban J connectivity index is 1.51. The van der Waals surface area contributed by atoms with Gasteiger partial charge >= 0.3 is 0 Å². The highest BCUT2D eigenvalue weighted by atomic mass is 16.1. The van der Waals surface area contributed by atoms with Gasteiger partial charge in [0, 0.05) is 17.6 Å². The largest absolute Gasteiger partial charge is 0.349 e. The summed E-state index contributed by atoms with van der Waals surface area (Å²) in [5.74, 6) is 2.05. The van der Waals surface area contributed by atoms with E-state index in [1.807, 2.05) is 12.1 Å². The standard InChI is InChI=1S/C18H23N3O/c1-10-13-7-12(18(13,2)3)8-14(10)21-17(22)15-6-11-4-5-19-9-16(11)20-15/h4-6,9-10,12-14,20H,7-8H2,1-3H3,(H,21,22)/t10-,12+,13-,14-/m0/s1. The van der Waals surface area contributed by atoms with Gasteiger partial charge in [0.05, 0.1) is 11.7 Å². The van der Waals surface area contributed by atoms with Crippen molar-refractivity contribution in [3.05, 3.63) is 30.2 Å². The molecule has 0 spiro atoms. The fourth-order valence-corrected chi connectivity index (χ4v) is 4.68. The maximum Gasteiger partial charge on any atom is 0.267 e. The van der Waals surface area contributed by atoms with Crippen molar-refractivity contribution in [1.82, 2.24) is 15.3 Å². The van der Waals surface area contributed by atoms with E-state index in [9.17, 15) is 4.79 Å². The van der Waals surface area contributed by atoms with Gasteiger partial charge in [-0.15, -0.1) is 0 Å². The maximum atomic E-state index is 12.5. The third-order valence-electron chi connectivity index (χ3n) is 6.34. The lowest BCUT2D eigenvalue weighted by Gasteiger charge is -2.62. The van der Waals surface area contributed by atoms with E-state index in [0.717, 1.165) is 29.2 Å². The van der Waals surface area contributed by atoms with Crippen molar-refractivity contribution in [2.24, 2.45) is 23.2 Å². The molecule has 2 heterocycles. The van der Waals surface area contributed by atoms with Crippen LogP contribution in [0.5, 0.6) is 0 Å². The van der Waals surface area contributed by atoms with Gasteiger partial charge in [-0.2, -0.15) is 0 Å². The van der Waals surface area contributed by atoms with E-state index in [1.54, 1.807) is 12.4 Å². The van der Waals surface area contributed by atoms with Crippen LogP contribution >= 0.6 is 0 Å². The minimum absolute atomic E-state index is 0.00663. The van der Waals surface area contributed by atoms with E-state index < -0.39 is 0 Å². The van der Waals surface area contributed by atoms with Crippen LogP contribution in [0.25, 0.3) is 10.9 Å². The average Bonchev–Trinajstić information content (AvgIpc) is 2.92. The molecule has 4 nitrogen and oxygen atoms in total. The number of H-pyrrole nitrogens is 1. The van der Waals surface area contributed by atoms with E-state index in [1.165, 1.54) is 6.42 Å². The first-order valence-corrected chi connectivity index (χ1v) is 8.20. The molecule has 1 amide bonds. The molecular formula is C18H23N3O. The molecule has 3 fully saturated rings. The monoisotopic (exact) mass is 297 g/mol. The summed E-state index contributed by atoms with van der Waals surface area (Å²) < 4.78 is 0. The third-order valence-corrected chi connectivity index (χ3v) is 6.34. The van der Waals surface area contributed by atoms with Crippen molar-refractivity contribution >= 4 is 16.8 Å². The molecule has 5 rings (SSSR count). The molecule has 2 aromatic heterocycles. The Labute approximate surface area is 130 Å². The van der Waals surface area contributed by atoms with Crippen LogP contribution in [0.2, 0.25) is 0 Å². The second-order valence-electron chi connectivity index (χ2n) is 7.68. The maximum absolute atomic E-state index is 12.5. The van der Waals surface area contributed by atoms with Crippen molar-refractivity contribution in [2.75, 3.05) is 0 Å². The highest BCUT2D eigenvalue weighted by Gasteiger charge is 2.56. The first kappa shape index (κ1) is 13.8. The highest BCUT2D eigenvalue weighted by Crippen LogP contribution is 2.61. The van der Waals surface area contributed by atoms with E-state index >= 15 is 0 Å². The second kappa shape index (κ2) is 4.58. The molecule has 4 atom stereocenters. The second-order valence-corrected chi connectivity index (χ2v) is 7.68. The molecule has 0 saturated heterocycles. The van der Waals surface area contributed by atoms with E-state index in [2.05, 4.69) is 36.1 Å². The quantitative estimate of drug-likeness (QED) is 0.893. The SMILES string of the molecule is C[C@@H]1[C@@H](NC(=O)c2cc3ccncc3[nH]2)C[C@H]2C[C@@H]1C2(C)C. The molecule has 3 aliphatic carbocycles. The zero-order valence-corrected chi connectivity index (χ0v) is 13.4. The van der Waals surface area contributed by atoms with Crippen LogP contribution < -0.4 is 5.32 Å². The first-order chi connectivity index (χ1) is 10.5. The number of fused-ring (bicyclic) bond motifs is 3. The number of nitrogens with zero attached hydrogens (tertiary/aromatic N) is 1. The van der Waals surface area contributed by atoms with Crippen LogP contribution in [0, 0.1) is 23.2 Å². The Bertz CT molecular complexity index is 700. The lowest BCUT2D eigenvalue weighted by Crippen LogP contribution is -2.60. The Morgan fingerprint density at radius 3 is 2.91 bits per heavy atom. The minimum atomic E-state index is 0.00663. The Morgan fingerprint density at radius 1 is 1.41 bits per heavy atom. The molecule has 0 unspecified atom stereocenters. The lowest BCUT2D eigenvalue weighted by atomic mass is 9.45. The van der Waals surface area contributed by atoms with Gasteiger partial charge in [-0.1, -0.05) is 20.8 Å². The molecule has 2 bridgehead atoms. The van der Waals surface area contributed by atoms with Crippen molar-refractivity contribution in [3.63, 3.8) is 0 Å². The van der Waals surface area contributed by atoms with Crippen molar-refractivity contribution in [3.8, 4) is 0 Å². The molecule has 22 heavy (non-hydrogen) atoms. The summed E-state index contributed by atoms with van der Waals surface area (Å²) in [6.45, 7) is 7.05. The van der Waals surface area contributed by atoms with Crippen molar-refractivity contribution in [2.45, 2.75) is 39.7 Å². The van der Waals surface area contributed by atoms with Gasteiger partial charge in [0.1, 0.15) is 5.69 Å². The molecule has 2 N–H and O–H groups in total. The summed E-state index contributed by atoms with van der Waals surface area (Å²) in [7, 11) is 0. The summed E-state index contributed by atoms with van der Waals surface area (Å²) in [5, 5.41) is 4.28. The van der Waals surface area contributed by atoms with E-state index in [0.29, 0.717) is 23.1 Å². The zero-order chi connectivity index (χ0) is 15.5. The fraction of sp³-hybridized carbons (Fsp3) is 0.556. The molecule has 4 heteroatoms. The Morgan fingerprint density at radius 2 is 2.23 bits per heavy atom. The van der Waals surface area contributed by atoms with Crippen molar-refractivity contribution < 1.29 is 4.79 Å². The van der Waals surface area contributed by atoms with Crippen LogP contribution in [0.1, 0.15) is 44.1 Å². The van der Waals surface area contributed by atoms with Crippen LogP contribution in [-0.4, -0.2) is 21.9 Å². The summed E-state index contributed by atoms with van der Waals surface area (Å²) in [6, 6.07) is 4.13. The summed E-state index contributed by atoms with van der Waals surface area (Å²) in [6.07, 6.45) is 5.94. The van der Waals surface area contributed by atoms with Crippen LogP contribution in [-0.2, 0) is 0 Å². The number of aromatic nitrogens is 2. The number of hydrogen-bond donors (Lipinski definition) is 2. The summed E-state index contributed by atoms with van der Waals surface area (Å²) in [5.41, 5.74) is 2.00. The van der Waals surface area contributed by atoms with Crippen LogP contribution in [0.15, 0.2) is 24.5 Å². The van der Waals surface area contributed by atoms with E-state index in [-0.39, 0.29) is 5.91 Å². The number of pyridine rings is 1. The fourth-order valence-electron chi connectivity index (χ4n) is 4.68. The Kier molecular flexibility index (Phi) is 2.87. The number of amides is 1. The molecule has 0 aliphatic heterocycles. The normalized spacial score (nSPS) is 32.5. The molecule has 116 valence electrons. The molecule has 3 saturated carbocycles. The first-order valence-electron chi connectivity index (χ1n) is 8.20. The van der Waals surface area contributed by atoms with Crippen LogP contribution in [0.4, 0.5) is 0 Å². The van der Waals surface area contributed by atoms with Gasteiger partial charge in [0.25, 0.3) is 5.91 Å². The van der Waals surface area contributed by atoms with Crippen molar-refractivity contribution in [1.29, 1.82) is 0 Å².